The summed E-state index contributed by atoms with van der Waals surface area (Å²) in [4.78, 5) is 41.4. The van der Waals surface area contributed by atoms with Crippen LogP contribution in [0.5, 0.6) is 5.75 Å². The smallest absolute Gasteiger partial charge is 0.351 e. The molecule has 5 rings (SSSR count). The molecule has 3 aromatic heterocycles. The predicted molar refractivity (Wildman–Crippen MR) is 159 cm³/mol. The highest BCUT2D eigenvalue weighted by Gasteiger charge is 2.25. The van der Waals surface area contributed by atoms with E-state index in [2.05, 4.69) is 11.1 Å². The van der Waals surface area contributed by atoms with Gasteiger partial charge < -0.3 is 29.1 Å². The molecule has 0 aliphatic carbocycles. The van der Waals surface area contributed by atoms with Crippen molar-refractivity contribution in [3.05, 3.63) is 83.3 Å². The molecule has 0 unspecified atom stereocenters. The number of imidazole rings is 1. The van der Waals surface area contributed by atoms with Crippen LogP contribution in [0.1, 0.15) is 46.4 Å². The van der Waals surface area contributed by atoms with Crippen LogP contribution in [0.15, 0.2) is 67.3 Å². The summed E-state index contributed by atoms with van der Waals surface area (Å²) >= 11 is 1.27. The number of ether oxygens (including phenoxy) is 3. The van der Waals surface area contributed by atoms with E-state index in [1.807, 2.05) is 40.5 Å². The van der Waals surface area contributed by atoms with Crippen molar-refractivity contribution in [2.45, 2.75) is 27.7 Å². The molecule has 0 aliphatic rings. The molecule has 0 saturated heterocycles. The van der Waals surface area contributed by atoms with Gasteiger partial charge in [0.05, 0.1) is 40.3 Å². The highest BCUT2D eigenvalue weighted by Crippen LogP contribution is 2.39. The number of aryl methyl sites for hydroxylation is 1. The molecule has 0 spiro atoms. The SMILES string of the molecule is COc1cc(-n2c(-c3ccc(-n4ccnc4)cc3C)cc3sc(C(=O)OCOC(=O)C(C)(C)C)cc32)ccc1C(N)=O. The number of aromatic nitrogens is 3. The summed E-state index contributed by atoms with van der Waals surface area (Å²) in [6.45, 7) is 6.71. The third kappa shape index (κ3) is 5.51. The van der Waals surface area contributed by atoms with E-state index in [9.17, 15) is 14.4 Å². The number of hydrogen-bond donors (Lipinski definition) is 1. The lowest BCUT2D eigenvalue weighted by atomic mass is 9.98. The number of esters is 2. The van der Waals surface area contributed by atoms with Gasteiger partial charge in [-0.05, 0) is 69.7 Å². The van der Waals surface area contributed by atoms with Crippen molar-refractivity contribution in [3.63, 3.8) is 0 Å². The van der Waals surface area contributed by atoms with Crippen molar-refractivity contribution in [1.82, 2.24) is 14.1 Å². The minimum absolute atomic E-state index is 0.256. The third-order valence-electron chi connectivity index (χ3n) is 6.68. The molecule has 3 heterocycles. The molecule has 0 atom stereocenters. The number of methoxy groups -OCH3 is 1. The number of carbonyl (C=O) groups excluding carboxylic acids is 3. The number of benzene rings is 2. The Bertz CT molecular complexity index is 1810. The second-order valence-electron chi connectivity index (χ2n) is 10.7. The van der Waals surface area contributed by atoms with Crippen LogP contribution in [0.4, 0.5) is 0 Å². The first kappa shape index (κ1) is 28.6. The van der Waals surface area contributed by atoms with Gasteiger partial charge in [-0.25, -0.2) is 9.78 Å². The van der Waals surface area contributed by atoms with E-state index in [1.54, 1.807) is 57.6 Å². The molecule has 42 heavy (non-hydrogen) atoms. The summed E-state index contributed by atoms with van der Waals surface area (Å²) in [7, 11) is 1.47. The lowest BCUT2D eigenvalue weighted by molar-refractivity contribution is -0.161. The summed E-state index contributed by atoms with van der Waals surface area (Å²) in [6.07, 6.45) is 5.34. The minimum atomic E-state index is -0.710. The van der Waals surface area contributed by atoms with Crippen LogP contribution < -0.4 is 10.5 Å². The molecule has 1 amide bonds. The number of amides is 1. The monoisotopic (exact) mass is 586 g/mol. The molecule has 0 saturated carbocycles. The normalized spacial score (nSPS) is 11.5. The lowest BCUT2D eigenvalue weighted by Gasteiger charge is -2.16. The van der Waals surface area contributed by atoms with Crippen molar-refractivity contribution in [1.29, 1.82) is 0 Å². The van der Waals surface area contributed by atoms with Gasteiger partial charge in [0.25, 0.3) is 5.91 Å². The van der Waals surface area contributed by atoms with Crippen molar-refractivity contribution in [2.24, 2.45) is 11.1 Å². The van der Waals surface area contributed by atoms with Crippen LogP contribution in [0, 0.1) is 12.3 Å². The van der Waals surface area contributed by atoms with Crippen LogP contribution in [0.2, 0.25) is 0 Å². The Morgan fingerprint density at radius 3 is 2.40 bits per heavy atom. The number of hydrogen-bond acceptors (Lipinski definition) is 8. The van der Waals surface area contributed by atoms with Gasteiger partial charge in [-0.15, -0.1) is 11.3 Å². The standard InChI is InChI=1S/C31H30N4O6S/c1-18-12-19(34-11-10-33-16-34)6-8-21(18)23-14-26-24(35(23)20-7-9-22(28(32)36)25(13-20)39-5)15-27(42-26)29(37)40-17-41-30(38)31(2,3)4/h6-16H,17H2,1-5H3,(H2,32,36). The molecule has 0 bridgehead atoms. The molecule has 10 nitrogen and oxygen atoms in total. The fraction of sp³-hybridized carbons (Fsp3) is 0.226. The van der Waals surface area contributed by atoms with E-state index in [-0.39, 0.29) is 5.56 Å². The maximum atomic E-state index is 12.9. The summed E-state index contributed by atoms with van der Waals surface area (Å²) < 4.78 is 20.6. The van der Waals surface area contributed by atoms with Crippen LogP contribution in [0.3, 0.4) is 0 Å². The number of fused-ring (bicyclic) bond motifs is 1. The Hall–Kier alpha value is -4.90. The number of nitrogens with two attached hydrogens (primary N) is 1. The lowest BCUT2D eigenvalue weighted by Crippen LogP contribution is -2.24. The van der Waals surface area contributed by atoms with Gasteiger partial charge in [-0.2, -0.15) is 0 Å². The second-order valence-corrected chi connectivity index (χ2v) is 11.8. The number of rotatable bonds is 8. The average molecular weight is 587 g/mol. The first-order valence-corrected chi connectivity index (χ1v) is 13.9. The van der Waals surface area contributed by atoms with E-state index in [0.29, 0.717) is 16.3 Å². The quantitative estimate of drug-likeness (QED) is 0.183. The van der Waals surface area contributed by atoms with Crippen LogP contribution in [0.25, 0.3) is 32.8 Å². The molecule has 216 valence electrons. The molecular weight excluding hydrogens is 556 g/mol. The van der Waals surface area contributed by atoms with Gasteiger partial charge in [0.2, 0.25) is 6.79 Å². The van der Waals surface area contributed by atoms with E-state index < -0.39 is 30.1 Å². The topological polar surface area (TPSA) is 128 Å². The van der Waals surface area contributed by atoms with E-state index in [4.69, 9.17) is 19.9 Å². The minimum Gasteiger partial charge on any atom is -0.496 e. The molecule has 5 aromatic rings. The number of carbonyl (C=O) groups is 3. The van der Waals surface area contributed by atoms with Gasteiger partial charge in [0.1, 0.15) is 10.6 Å². The zero-order chi connectivity index (χ0) is 30.2. The first-order valence-electron chi connectivity index (χ1n) is 13.0. The fourth-order valence-corrected chi connectivity index (χ4v) is 5.50. The van der Waals surface area contributed by atoms with Crippen LogP contribution in [-0.4, -0.2) is 45.9 Å². The summed E-state index contributed by atoms with van der Waals surface area (Å²) in [5.74, 6) is -1.34. The number of nitrogens with zero attached hydrogens (tertiary/aromatic N) is 3. The molecule has 11 heteroatoms. The molecule has 2 N–H and O–H groups in total. The summed E-state index contributed by atoms with van der Waals surface area (Å²) in [5.41, 5.74) is 10.4. The zero-order valence-corrected chi connectivity index (χ0v) is 24.7. The van der Waals surface area contributed by atoms with Gasteiger partial charge in [0, 0.05) is 35.4 Å². The number of primary amides is 1. The maximum Gasteiger partial charge on any atom is 0.351 e. The molecule has 0 radical (unpaired) electrons. The van der Waals surface area contributed by atoms with Gasteiger partial charge in [-0.1, -0.05) is 6.07 Å². The number of thiophene rings is 1. The maximum absolute atomic E-state index is 12.9. The average Bonchev–Trinajstić information content (AvgIpc) is 3.69. The Kier molecular flexibility index (Phi) is 7.61. The summed E-state index contributed by atoms with van der Waals surface area (Å²) in [5, 5.41) is 0. The highest BCUT2D eigenvalue weighted by molar-refractivity contribution is 7.20. The van der Waals surface area contributed by atoms with Gasteiger partial charge in [-0.3, -0.25) is 9.59 Å². The molecular formula is C31H30N4O6S. The van der Waals surface area contributed by atoms with Gasteiger partial charge in [0.15, 0.2) is 0 Å². The fourth-order valence-electron chi connectivity index (χ4n) is 4.52. The van der Waals surface area contributed by atoms with Gasteiger partial charge >= 0.3 is 11.9 Å². The second kappa shape index (κ2) is 11.2. The summed E-state index contributed by atoms with van der Waals surface area (Å²) in [6, 6.07) is 15.0. The van der Waals surface area contributed by atoms with Crippen molar-refractivity contribution in [3.8, 4) is 28.4 Å². The highest BCUT2D eigenvalue weighted by atomic mass is 32.1. The Morgan fingerprint density at radius 2 is 1.76 bits per heavy atom. The van der Waals surface area contributed by atoms with Crippen LogP contribution in [-0.2, 0) is 14.3 Å². The third-order valence-corrected chi connectivity index (χ3v) is 7.73. The van der Waals surface area contributed by atoms with Crippen molar-refractivity contribution < 1.29 is 28.6 Å². The molecule has 0 fully saturated rings. The van der Waals surface area contributed by atoms with E-state index in [0.717, 1.165) is 32.7 Å². The largest absolute Gasteiger partial charge is 0.496 e. The first-order chi connectivity index (χ1) is 20.0. The predicted octanol–water partition coefficient (Wildman–Crippen LogP) is 5.66. The van der Waals surface area contributed by atoms with E-state index in [1.165, 1.54) is 18.4 Å². The van der Waals surface area contributed by atoms with Crippen molar-refractivity contribution >= 4 is 39.4 Å². The van der Waals surface area contributed by atoms with Crippen LogP contribution >= 0.6 is 11.3 Å². The Balaban J connectivity index is 1.57. The van der Waals surface area contributed by atoms with E-state index >= 15 is 0 Å². The molecule has 0 aliphatic heterocycles. The Labute approximate surface area is 246 Å². The Morgan fingerprint density at radius 1 is 1.00 bits per heavy atom. The molecule has 2 aromatic carbocycles. The zero-order valence-electron chi connectivity index (χ0n) is 23.8. The van der Waals surface area contributed by atoms with Crippen molar-refractivity contribution in [2.75, 3.05) is 13.9 Å².